The molecule has 0 spiro atoms. The number of imidazole rings is 1. The molecule has 0 radical (unpaired) electrons. The molecular formula is C13H17N3O. The Bertz CT molecular complexity index is 479. The van der Waals surface area contributed by atoms with Crippen LogP contribution < -0.4 is 10.1 Å². The molecule has 0 saturated carbocycles. The number of benzene rings is 1. The number of hydrogen-bond donors (Lipinski definition) is 2. The van der Waals surface area contributed by atoms with Crippen LogP contribution in [0.2, 0.25) is 0 Å². The Morgan fingerprint density at radius 3 is 2.88 bits per heavy atom. The average Bonchev–Trinajstić information content (AvgIpc) is 2.74. The van der Waals surface area contributed by atoms with Gasteiger partial charge in [-0.05, 0) is 26.0 Å². The van der Waals surface area contributed by atoms with Gasteiger partial charge in [-0.25, -0.2) is 4.98 Å². The third kappa shape index (κ3) is 3.00. The first-order valence-corrected chi connectivity index (χ1v) is 5.75. The van der Waals surface area contributed by atoms with E-state index in [1.807, 2.05) is 44.3 Å². The van der Waals surface area contributed by atoms with Crippen LogP contribution in [0.15, 0.2) is 30.5 Å². The van der Waals surface area contributed by atoms with E-state index in [2.05, 4.69) is 15.3 Å². The Morgan fingerprint density at radius 1 is 1.35 bits per heavy atom. The minimum Gasteiger partial charge on any atom is -0.492 e. The lowest BCUT2D eigenvalue weighted by Gasteiger charge is -2.11. The molecule has 2 rings (SSSR count). The number of anilines is 1. The van der Waals surface area contributed by atoms with Gasteiger partial charge in [0.2, 0.25) is 0 Å². The molecule has 17 heavy (non-hydrogen) atoms. The zero-order valence-corrected chi connectivity index (χ0v) is 10.2. The van der Waals surface area contributed by atoms with E-state index in [1.54, 1.807) is 0 Å². The maximum absolute atomic E-state index is 5.54. The molecule has 1 heterocycles. The van der Waals surface area contributed by atoms with E-state index in [0.717, 1.165) is 23.0 Å². The van der Waals surface area contributed by atoms with Crippen molar-refractivity contribution in [1.29, 1.82) is 0 Å². The zero-order chi connectivity index (χ0) is 12.1. The van der Waals surface area contributed by atoms with Crippen molar-refractivity contribution in [1.82, 2.24) is 9.97 Å². The molecule has 0 aliphatic heterocycles. The van der Waals surface area contributed by atoms with Crippen LogP contribution in [0.25, 0.3) is 0 Å². The van der Waals surface area contributed by atoms with E-state index >= 15 is 0 Å². The largest absolute Gasteiger partial charge is 0.492 e. The molecular weight excluding hydrogens is 214 g/mol. The molecule has 4 heteroatoms. The molecule has 0 unspecified atom stereocenters. The highest BCUT2D eigenvalue weighted by molar-refractivity contribution is 5.56. The number of nitrogens with one attached hydrogen (secondary N) is 2. The van der Waals surface area contributed by atoms with Gasteiger partial charge in [-0.1, -0.05) is 12.1 Å². The Balaban J connectivity index is 2.03. The molecule has 0 atom stereocenters. The number of H-pyrrole nitrogens is 1. The monoisotopic (exact) mass is 231 g/mol. The zero-order valence-electron chi connectivity index (χ0n) is 10.2. The lowest BCUT2D eigenvalue weighted by atomic mass is 10.3. The van der Waals surface area contributed by atoms with Crippen LogP contribution in [0.3, 0.4) is 0 Å². The predicted molar refractivity (Wildman–Crippen MR) is 68.3 cm³/mol. The van der Waals surface area contributed by atoms with Crippen LogP contribution in [0.1, 0.15) is 18.4 Å². The Kier molecular flexibility index (Phi) is 3.65. The smallest absolute Gasteiger partial charge is 0.142 e. The molecule has 2 aromatic rings. The van der Waals surface area contributed by atoms with E-state index < -0.39 is 0 Å². The van der Waals surface area contributed by atoms with Crippen molar-refractivity contribution in [2.75, 3.05) is 11.9 Å². The number of rotatable bonds is 5. The van der Waals surface area contributed by atoms with Crippen LogP contribution >= 0.6 is 0 Å². The van der Waals surface area contributed by atoms with Gasteiger partial charge in [0.15, 0.2) is 0 Å². The molecule has 0 aliphatic rings. The number of aryl methyl sites for hydroxylation is 1. The summed E-state index contributed by atoms with van der Waals surface area (Å²) >= 11 is 0. The van der Waals surface area contributed by atoms with Crippen LogP contribution in [0.5, 0.6) is 5.75 Å². The van der Waals surface area contributed by atoms with Gasteiger partial charge < -0.3 is 15.0 Å². The number of nitrogens with zero attached hydrogens (tertiary/aromatic N) is 1. The van der Waals surface area contributed by atoms with Crippen molar-refractivity contribution in [2.45, 2.75) is 20.4 Å². The van der Waals surface area contributed by atoms with Gasteiger partial charge in [0.25, 0.3) is 0 Å². The van der Waals surface area contributed by atoms with Crippen molar-refractivity contribution in [3.05, 3.63) is 42.0 Å². The number of ether oxygens (including phenoxy) is 1. The van der Waals surface area contributed by atoms with Crippen molar-refractivity contribution >= 4 is 5.69 Å². The molecule has 0 aliphatic carbocycles. The maximum atomic E-state index is 5.54. The molecule has 0 fully saturated rings. The van der Waals surface area contributed by atoms with E-state index in [1.165, 1.54) is 0 Å². The Morgan fingerprint density at radius 2 is 2.18 bits per heavy atom. The summed E-state index contributed by atoms with van der Waals surface area (Å²) in [5.74, 6) is 1.81. The summed E-state index contributed by atoms with van der Waals surface area (Å²) in [5.41, 5.74) is 2.07. The topological polar surface area (TPSA) is 49.9 Å². The maximum Gasteiger partial charge on any atom is 0.142 e. The van der Waals surface area contributed by atoms with E-state index in [4.69, 9.17) is 4.74 Å². The first-order chi connectivity index (χ1) is 8.29. The van der Waals surface area contributed by atoms with Crippen molar-refractivity contribution < 1.29 is 4.74 Å². The standard InChI is InChI=1S/C13H17N3O/c1-3-17-13-7-5-4-6-12(13)15-9-11-8-14-10(2)16-11/h4-8,15H,3,9H2,1-2H3,(H,14,16). The average molecular weight is 231 g/mol. The second-order valence-electron chi connectivity index (χ2n) is 3.78. The van der Waals surface area contributed by atoms with Gasteiger partial charge in [0.1, 0.15) is 11.6 Å². The molecule has 4 nitrogen and oxygen atoms in total. The van der Waals surface area contributed by atoms with Gasteiger partial charge in [-0.2, -0.15) is 0 Å². The Hall–Kier alpha value is -1.97. The predicted octanol–water partition coefficient (Wildman–Crippen LogP) is 2.73. The lowest BCUT2D eigenvalue weighted by Crippen LogP contribution is -2.02. The second-order valence-corrected chi connectivity index (χ2v) is 3.78. The summed E-state index contributed by atoms with van der Waals surface area (Å²) in [6, 6.07) is 7.93. The van der Waals surface area contributed by atoms with Gasteiger partial charge in [0, 0.05) is 0 Å². The minimum absolute atomic E-state index is 0.669. The molecule has 0 bridgehead atoms. The van der Waals surface area contributed by atoms with Gasteiger partial charge in [0.05, 0.1) is 30.7 Å². The minimum atomic E-state index is 0.669. The van der Waals surface area contributed by atoms with Crippen molar-refractivity contribution in [3.8, 4) is 5.75 Å². The van der Waals surface area contributed by atoms with Gasteiger partial charge in [-0.3, -0.25) is 0 Å². The number of para-hydroxylation sites is 2. The third-order valence-electron chi connectivity index (χ3n) is 2.41. The first kappa shape index (κ1) is 11.5. The summed E-state index contributed by atoms with van der Waals surface area (Å²) in [6.45, 7) is 5.31. The SMILES string of the molecule is CCOc1ccccc1NCc1cnc(C)[nH]1. The summed E-state index contributed by atoms with van der Waals surface area (Å²) in [5, 5.41) is 3.33. The summed E-state index contributed by atoms with van der Waals surface area (Å²) in [6.07, 6.45) is 1.84. The fraction of sp³-hybridized carbons (Fsp3) is 0.308. The van der Waals surface area contributed by atoms with Gasteiger partial charge >= 0.3 is 0 Å². The first-order valence-electron chi connectivity index (χ1n) is 5.75. The van der Waals surface area contributed by atoms with Gasteiger partial charge in [-0.15, -0.1) is 0 Å². The van der Waals surface area contributed by atoms with Crippen LogP contribution in [0, 0.1) is 6.92 Å². The normalized spacial score (nSPS) is 10.2. The number of aromatic amines is 1. The third-order valence-corrected chi connectivity index (χ3v) is 2.41. The van der Waals surface area contributed by atoms with E-state index in [0.29, 0.717) is 13.2 Å². The fourth-order valence-electron chi connectivity index (χ4n) is 1.65. The lowest BCUT2D eigenvalue weighted by molar-refractivity contribution is 0.341. The Labute approximate surface area is 101 Å². The van der Waals surface area contributed by atoms with Crippen LogP contribution in [-0.4, -0.2) is 16.6 Å². The number of aromatic nitrogens is 2. The molecule has 2 N–H and O–H groups in total. The van der Waals surface area contributed by atoms with Crippen LogP contribution in [-0.2, 0) is 6.54 Å². The summed E-state index contributed by atoms with van der Waals surface area (Å²) in [4.78, 5) is 7.34. The molecule has 0 amide bonds. The summed E-state index contributed by atoms with van der Waals surface area (Å²) in [7, 11) is 0. The second kappa shape index (κ2) is 5.39. The van der Waals surface area contributed by atoms with E-state index in [9.17, 15) is 0 Å². The van der Waals surface area contributed by atoms with E-state index in [-0.39, 0.29) is 0 Å². The van der Waals surface area contributed by atoms with Crippen LogP contribution in [0.4, 0.5) is 5.69 Å². The highest BCUT2D eigenvalue weighted by atomic mass is 16.5. The molecule has 1 aromatic heterocycles. The highest BCUT2D eigenvalue weighted by Gasteiger charge is 2.02. The highest BCUT2D eigenvalue weighted by Crippen LogP contribution is 2.23. The molecule has 1 aromatic carbocycles. The summed E-state index contributed by atoms with van der Waals surface area (Å²) < 4.78 is 5.54. The molecule has 90 valence electrons. The quantitative estimate of drug-likeness (QED) is 0.831. The van der Waals surface area contributed by atoms with Crippen molar-refractivity contribution in [3.63, 3.8) is 0 Å². The van der Waals surface area contributed by atoms with Crippen molar-refractivity contribution in [2.24, 2.45) is 0 Å². The fourth-order valence-corrected chi connectivity index (χ4v) is 1.65. The number of hydrogen-bond acceptors (Lipinski definition) is 3. The molecule has 0 saturated heterocycles.